The molecule has 5 aromatic rings. The highest BCUT2D eigenvalue weighted by Crippen LogP contribution is 2.24. The fourth-order valence-corrected chi connectivity index (χ4v) is 5.18. The lowest BCUT2D eigenvalue weighted by Gasteiger charge is -2.28. The number of carbonyl (C=O) groups excluding carboxylic acids is 2. The van der Waals surface area contributed by atoms with E-state index in [1.54, 1.807) is 29.2 Å². The number of nitrogens with one attached hydrogen (secondary N) is 1. The van der Waals surface area contributed by atoms with Gasteiger partial charge in [-0.25, -0.2) is 4.39 Å². The van der Waals surface area contributed by atoms with Crippen LogP contribution in [0.4, 0.5) is 4.39 Å². The summed E-state index contributed by atoms with van der Waals surface area (Å²) >= 11 is 12.3. The minimum absolute atomic E-state index is 0.117. The molecule has 5 nitrogen and oxygen atoms in total. The molecule has 0 bridgehead atoms. The molecular weight excluding hydrogens is 572 g/mol. The summed E-state index contributed by atoms with van der Waals surface area (Å²) in [4.78, 5) is 34.2. The minimum Gasteiger partial charge on any atom is -0.361 e. The Hall–Kier alpha value is -4.13. The number of amides is 2. The average molecular weight is 603 g/mol. The lowest BCUT2D eigenvalue weighted by molar-refractivity contribution is -0.132. The van der Waals surface area contributed by atoms with Crippen LogP contribution in [0.3, 0.4) is 0 Å². The maximum absolute atomic E-state index is 14.0. The van der Waals surface area contributed by atoms with Gasteiger partial charge in [0, 0.05) is 42.3 Å². The quantitative estimate of drug-likeness (QED) is 0.177. The summed E-state index contributed by atoms with van der Waals surface area (Å²) in [6, 6.07) is 26.7. The second kappa shape index (κ2) is 13.2. The van der Waals surface area contributed by atoms with E-state index >= 15 is 0 Å². The number of halogens is 3. The second-order valence-corrected chi connectivity index (χ2v) is 11.1. The molecule has 0 aliphatic heterocycles. The summed E-state index contributed by atoms with van der Waals surface area (Å²) in [5.74, 6) is -0.956. The monoisotopic (exact) mass is 601 g/mol. The molecule has 214 valence electrons. The van der Waals surface area contributed by atoms with Crippen LogP contribution in [0.1, 0.15) is 32.6 Å². The van der Waals surface area contributed by atoms with E-state index in [9.17, 15) is 14.0 Å². The third-order valence-electron chi connectivity index (χ3n) is 7.24. The standard InChI is InChI=1S/C34H30Cl2FN3O2/c1-23-6-8-24(9-7-23)20-39(17-16-27-19-38-32-5-3-2-4-29(27)32)33(41)22-40(21-25-10-13-28(37)14-11-25)34(42)26-12-15-30(35)31(36)18-26/h2-15,18-19,38H,16-17,20-22H2,1H3. The number of hydrogen-bond donors (Lipinski definition) is 1. The lowest BCUT2D eigenvalue weighted by atomic mass is 10.1. The van der Waals surface area contributed by atoms with Crippen LogP contribution in [0.2, 0.25) is 10.0 Å². The van der Waals surface area contributed by atoms with Crippen molar-refractivity contribution in [2.24, 2.45) is 0 Å². The van der Waals surface area contributed by atoms with Crippen LogP contribution in [0.5, 0.6) is 0 Å². The Morgan fingerprint density at radius 3 is 2.19 bits per heavy atom. The van der Waals surface area contributed by atoms with Crippen LogP contribution in [0.25, 0.3) is 10.9 Å². The molecule has 0 atom stereocenters. The molecule has 42 heavy (non-hydrogen) atoms. The molecule has 0 saturated carbocycles. The Morgan fingerprint density at radius 2 is 1.48 bits per heavy atom. The summed E-state index contributed by atoms with van der Waals surface area (Å²) in [6.07, 6.45) is 2.62. The van der Waals surface area contributed by atoms with Crippen LogP contribution in [0.15, 0.2) is 97.2 Å². The number of carbonyl (C=O) groups is 2. The first kappa shape index (κ1) is 29.4. The van der Waals surface area contributed by atoms with Crippen LogP contribution in [-0.2, 0) is 24.3 Å². The number of para-hydroxylation sites is 1. The van der Waals surface area contributed by atoms with E-state index in [1.165, 1.54) is 23.1 Å². The molecule has 0 fully saturated rings. The van der Waals surface area contributed by atoms with Gasteiger partial charge in [-0.3, -0.25) is 9.59 Å². The maximum atomic E-state index is 14.0. The highest BCUT2D eigenvalue weighted by Gasteiger charge is 2.24. The van der Waals surface area contributed by atoms with Crippen LogP contribution < -0.4 is 0 Å². The molecule has 1 aromatic heterocycles. The highest BCUT2D eigenvalue weighted by molar-refractivity contribution is 6.42. The molecule has 0 unspecified atom stereocenters. The van der Waals surface area contributed by atoms with Crippen molar-refractivity contribution in [3.05, 3.63) is 141 Å². The van der Waals surface area contributed by atoms with Crippen molar-refractivity contribution < 1.29 is 14.0 Å². The van der Waals surface area contributed by atoms with E-state index in [1.807, 2.05) is 55.6 Å². The molecule has 0 aliphatic carbocycles. The number of rotatable bonds is 10. The molecule has 4 aromatic carbocycles. The van der Waals surface area contributed by atoms with Gasteiger partial charge in [-0.2, -0.15) is 0 Å². The number of benzene rings is 4. The predicted molar refractivity (Wildman–Crippen MR) is 166 cm³/mol. The van der Waals surface area contributed by atoms with Gasteiger partial charge in [-0.05, 0) is 66.4 Å². The van der Waals surface area contributed by atoms with E-state index < -0.39 is 0 Å². The summed E-state index contributed by atoms with van der Waals surface area (Å²) < 4.78 is 13.6. The number of H-pyrrole nitrogens is 1. The Labute approximate surface area is 254 Å². The van der Waals surface area contributed by atoms with E-state index in [0.29, 0.717) is 35.7 Å². The summed E-state index contributed by atoms with van der Waals surface area (Å²) in [5, 5.41) is 1.69. The molecule has 1 heterocycles. The molecule has 0 saturated heterocycles. The van der Waals surface area contributed by atoms with Crippen LogP contribution in [0, 0.1) is 12.7 Å². The van der Waals surface area contributed by atoms with Crippen molar-refractivity contribution in [1.29, 1.82) is 0 Å². The molecule has 1 N–H and O–H groups in total. The Balaban J connectivity index is 1.41. The second-order valence-electron chi connectivity index (χ2n) is 10.3. The zero-order valence-corrected chi connectivity index (χ0v) is 24.6. The zero-order valence-electron chi connectivity index (χ0n) is 23.1. The number of nitrogens with zero attached hydrogens (tertiary/aromatic N) is 2. The Kier molecular flexibility index (Phi) is 9.25. The van der Waals surface area contributed by atoms with Crippen molar-refractivity contribution in [2.75, 3.05) is 13.1 Å². The third-order valence-corrected chi connectivity index (χ3v) is 7.98. The average Bonchev–Trinajstić information content (AvgIpc) is 3.41. The highest BCUT2D eigenvalue weighted by atomic mass is 35.5. The summed E-state index contributed by atoms with van der Waals surface area (Å²) in [7, 11) is 0. The minimum atomic E-state index is -0.377. The number of fused-ring (bicyclic) bond motifs is 1. The van der Waals surface area contributed by atoms with E-state index in [0.717, 1.165) is 27.6 Å². The van der Waals surface area contributed by atoms with Crippen LogP contribution >= 0.6 is 23.2 Å². The molecule has 5 rings (SSSR count). The fourth-order valence-electron chi connectivity index (χ4n) is 4.88. The SMILES string of the molecule is Cc1ccc(CN(CCc2c[nH]c3ccccc23)C(=O)CN(Cc2ccc(F)cc2)C(=O)c2ccc(Cl)c(Cl)c2)cc1. The maximum Gasteiger partial charge on any atom is 0.254 e. The van der Waals surface area contributed by atoms with Gasteiger partial charge in [0.15, 0.2) is 0 Å². The van der Waals surface area contributed by atoms with Crippen molar-refractivity contribution >= 4 is 45.9 Å². The molecular formula is C34H30Cl2FN3O2. The van der Waals surface area contributed by atoms with E-state index in [4.69, 9.17) is 23.2 Å². The summed E-state index contributed by atoms with van der Waals surface area (Å²) in [5.41, 5.74) is 5.29. The molecule has 2 amide bonds. The first-order chi connectivity index (χ1) is 20.3. The first-order valence-corrected chi connectivity index (χ1v) is 14.4. The van der Waals surface area contributed by atoms with Gasteiger partial charge in [0.05, 0.1) is 10.0 Å². The summed E-state index contributed by atoms with van der Waals surface area (Å²) in [6.45, 7) is 2.82. The van der Waals surface area contributed by atoms with Gasteiger partial charge in [0.1, 0.15) is 12.4 Å². The van der Waals surface area contributed by atoms with E-state index in [2.05, 4.69) is 11.1 Å². The van der Waals surface area contributed by atoms with Gasteiger partial charge >= 0.3 is 0 Å². The Morgan fingerprint density at radius 1 is 0.810 bits per heavy atom. The number of hydrogen-bond acceptors (Lipinski definition) is 2. The van der Waals surface area contributed by atoms with Crippen molar-refractivity contribution in [1.82, 2.24) is 14.8 Å². The smallest absolute Gasteiger partial charge is 0.254 e. The topological polar surface area (TPSA) is 56.4 Å². The van der Waals surface area contributed by atoms with Gasteiger partial charge in [-0.1, -0.05) is 83.4 Å². The lowest BCUT2D eigenvalue weighted by Crippen LogP contribution is -2.43. The largest absolute Gasteiger partial charge is 0.361 e. The predicted octanol–water partition coefficient (Wildman–Crippen LogP) is 7.84. The number of aryl methyl sites for hydroxylation is 1. The normalized spacial score (nSPS) is 11.0. The van der Waals surface area contributed by atoms with Crippen molar-refractivity contribution in [2.45, 2.75) is 26.4 Å². The zero-order chi connectivity index (χ0) is 29.6. The van der Waals surface area contributed by atoms with Gasteiger partial charge in [-0.15, -0.1) is 0 Å². The molecule has 0 radical (unpaired) electrons. The van der Waals surface area contributed by atoms with Crippen molar-refractivity contribution in [3.8, 4) is 0 Å². The van der Waals surface area contributed by atoms with E-state index in [-0.39, 0.29) is 35.7 Å². The first-order valence-electron chi connectivity index (χ1n) is 13.6. The van der Waals surface area contributed by atoms with Crippen LogP contribution in [-0.4, -0.2) is 39.7 Å². The molecule has 8 heteroatoms. The third kappa shape index (κ3) is 7.19. The van der Waals surface area contributed by atoms with Crippen molar-refractivity contribution in [3.63, 3.8) is 0 Å². The fraction of sp³-hybridized carbons (Fsp3) is 0.176. The van der Waals surface area contributed by atoms with Gasteiger partial charge in [0.25, 0.3) is 5.91 Å². The number of aromatic amines is 1. The number of aromatic nitrogens is 1. The molecule has 0 spiro atoms. The molecule has 0 aliphatic rings. The van der Waals surface area contributed by atoms with Gasteiger partial charge < -0.3 is 14.8 Å². The Bertz CT molecular complexity index is 1700. The van der Waals surface area contributed by atoms with Gasteiger partial charge in [0.2, 0.25) is 5.91 Å².